The van der Waals surface area contributed by atoms with Crippen molar-refractivity contribution in [1.82, 2.24) is 0 Å². The van der Waals surface area contributed by atoms with Gasteiger partial charge in [-0.1, -0.05) is 19.8 Å². The number of aliphatic carboxylic acids is 1. The Bertz CT molecular complexity index is 423. The van der Waals surface area contributed by atoms with E-state index in [0.717, 1.165) is 12.8 Å². The number of rotatable bonds is 8. The number of carboxylic acid groups (broad SMARTS) is 1. The van der Waals surface area contributed by atoms with Crippen LogP contribution in [0.3, 0.4) is 0 Å². The van der Waals surface area contributed by atoms with Gasteiger partial charge in [0.2, 0.25) is 0 Å². The SMILES string of the molecule is CCCCC(Nc1ccc(OCC)c(F)c1)C(=O)O. The zero-order chi connectivity index (χ0) is 14.3. The second-order valence-electron chi connectivity index (χ2n) is 4.26. The van der Waals surface area contributed by atoms with Crippen LogP contribution in [0.4, 0.5) is 10.1 Å². The van der Waals surface area contributed by atoms with Crippen LogP contribution in [0.15, 0.2) is 18.2 Å². The van der Waals surface area contributed by atoms with Gasteiger partial charge in [0, 0.05) is 11.8 Å². The Balaban J connectivity index is 2.73. The minimum atomic E-state index is -0.928. The molecular weight excluding hydrogens is 249 g/mol. The number of anilines is 1. The van der Waals surface area contributed by atoms with Crippen molar-refractivity contribution < 1.29 is 19.0 Å². The third-order valence-corrected chi connectivity index (χ3v) is 2.72. The molecule has 0 fully saturated rings. The third-order valence-electron chi connectivity index (χ3n) is 2.72. The van der Waals surface area contributed by atoms with Crippen molar-refractivity contribution in [3.63, 3.8) is 0 Å². The maximum atomic E-state index is 13.6. The highest BCUT2D eigenvalue weighted by Crippen LogP contribution is 2.22. The quantitative estimate of drug-likeness (QED) is 0.760. The van der Waals surface area contributed by atoms with Crippen LogP contribution in [0.1, 0.15) is 33.1 Å². The molecule has 0 radical (unpaired) electrons. The van der Waals surface area contributed by atoms with Crippen LogP contribution in [0.5, 0.6) is 5.75 Å². The van der Waals surface area contributed by atoms with Crippen molar-refractivity contribution in [2.24, 2.45) is 0 Å². The molecule has 1 aromatic carbocycles. The molecule has 4 nitrogen and oxygen atoms in total. The van der Waals surface area contributed by atoms with Crippen molar-refractivity contribution in [3.8, 4) is 5.75 Å². The highest BCUT2D eigenvalue weighted by molar-refractivity contribution is 5.77. The summed E-state index contributed by atoms with van der Waals surface area (Å²) in [6.45, 7) is 4.16. The lowest BCUT2D eigenvalue weighted by atomic mass is 10.1. The van der Waals surface area contributed by atoms with E-state index in [0.29, 0.717) is 18.7 Å². The number of ether oxygens (including phenoxy) is 1. The Morgan fingerprint density at radius 3 is 2.74 bits per heavy atom. The van der Waals surface area contributed by atoms with Crippen LogP contribution in [-0.4, -0.2) is 23.7 Å². The molecule has 19 heavy (non-hydrogen) atoms. The summed E-state index contributed by atoms with van der Waals surface area (Å²) in [5.74, 6) is -1.25. The largest absolute Gasteiger partial charge is 0.491 e. The average molecular weight is 269 g/mol. The second kappa shape index (κ2) is 7.61. The number of halogens is 1. The fourth-order valence-electron chi connectivity index (χ4n) is 1.73. The number of unbranched alkanes of at least 4 members (excludes halogenated alkanes) is 1. The Hall–Kier alpha value is -1.78. The summed E-state index contributed by atoms with van der Waals surface area (Å²) >= 11 is 0. The van der Waals surface area contributed by atoms with E-state index < -0.39 is 17.8 Å². The lowest BCUT2D eigenvalue weighted by Crippen LogP contribution is -2.29. The number of nitrogens with one attached hydrogen (secondary N) is 1. The molecule has 0 spiro atoms. The molecule has 2 N–H and O–H groups in total. The van der Waals surface area contributed by atoms with E-state index in [2.05, 4.69) is 5.32 Å². The highest BCUT2D eigenvalue weighted by Gasteiger charge is 2.17. The molecule has 0 aliphatic heterocycles. The zero-order valence-electron chi connectivity index (χ0n) is 11.3. The van der Waals surface area contributed by atoms with Gasteiger partial charge >= 0.3 is 5.97 Å². The van der Waals surface area contributed by atoms with E-state index in [1.807, 2.05) is 6.92 Å². The van der Waals surface area contributed by atoms with Gasteiger partial charge in [0.25, 0.3) is 0 Å². The Labute approximate surface area is 112 Å². The van der Waals surface area contributed by atoms with Crippen molar-refractivity contribution >= 4 is 11.7 Å². The Morgan fingerprint density at radius 1 is 1.47 bits per heavy atom. The maximum absolute atomic E-state index is 13.6. The Kier molecular flexibility index (Phi) is 6.12. The number of hydrogen-bond acceptors (Lipinski definition) is 3. The smallest absolute Gasteiger partial charge is 0.326 e. The predicted molar refractivity (Wildman–Crippen MR) is 72.1 cm³/mol. The molecule has 0 aromatic heterocycles. The number of carboxylic acids is 1. The molecule has 0 saturated heterocycles. The summed E-state index contributed by atoms with van der Waals surface area (Å²) in [7, 11) is 0. The van der Waals surface area contributed by atoms with Crippen molar-refractivity contribution in [2.75, 3.05) is 11.9 Å². The van der Waals surface area contributed by atoms with Gasteiger partial charge in [-0.3, -0.25) is 0 Å². The number of carbonyl (C=O) groups is 1. The monoisotopic (exact) mass is 269 g/mol. The lowest BCUT2D eigenvalue weighted by molar-refractivity contribution is -0.138. The maximum Gasteiger partial charge on any atom is 0.326 e. The molecule has 1 rings (SSSR count). The van der Waals surface area contributed by atoms with Crippen LogP contribution in [0.2, 0.25) is 0 Å². The molecule has 5 heteroatoms. The normalized spacial score (nSPS) is 11.9. The topological polar surface area (TPSA) is 58.6 Å². The average Bonchev–Trinajstić information content (AvgIpc) is 2.37. The zero-order valence-corrected chi connectivity index (χ0v) is 11.3. The second-order valence-corrected chi connectivity index (χ2v) is 4.26. The highest BCUT2D eigenvalue weighted by atomic mass is 19.1. The fourth-order valence-corrected chi connectivity index (χ4v) is 1.73. The molecule has 0 heterocycles. The van der Waals surface area contributed by atoms with Gasteiger partial charge in [-0.15, -0.1) is 0 Å². The standard InChI is InChI=1S/C14H20FNO3/c1-3-5-6-12(14(17)18)16-10-7-8-13(19-4-2)11(15)9-10/h7-9,12,16H,3-6H2,1-2H3,(H,17,18). The van der Waals surface area contributed by atoms with Gasteiger partial charge in [0.15, 0.2) is 11.6 Å². The van der Waals surface area contributed by atoms with E-state index >= 15 is 0 Å². The van der Waals surface area contributed by atoms with Crippen LogP contribution in [-0.2, 0) is 4.79 Å². The van der Waals surface area contributed by atoms with Gasteiger partial charge < -0.3 is 15.2 Å². The summed E-state index contributed by atoms with van der Waals surface area (Å²) in [5.41, 5.74) is 0.449. The van der Waals surface area contributed by atoms with E-state index in [9.17, 15) is 9.18 Å². The Morgan fingerprint density at radius 2 is 2.21 bits per heavy atom. The van der Waals surface area contributed by atoms with E-state index in [1.165, 1.54) is 12.1 Å². The summed E-state index contributed by atoms with van der Waals surface area (Å²) in [6.07, 6.45) is 2.24. The first kappa shape index (κ1) is 15.3. The van der Waals surface area contributed by atoms with Gasteiger partial charge in [-0.25, -0.2) is 9.18 Å². The van der Waals surface area contributed by atoms with Gasteiger partial charge in [-0.05, 0) is 25.5 Å². The van der Waals surface area contributed by atoms with Gasteiger partial charge in [0.1, 0.15) is 6.04 Å². The minimum Gasteiger partial charge on any atom is -0.491 e. The molecule has 0 aliphatic carbocycles. The van der Waals surface area contributed by atoms with Crippen LogP contribution >= 0.6 is 0 Å². The van der Waals surface area contributed by atoms with Crippen LogP contribution in [0.25, 0.3) is 0 Å². The van der Waals surface area contributed by atoms with E-state index in [-0.39, 0.29) is 5.75 Å². The first-order valence-corrected chi connectivity index (χ1v) is 6.50. The first-order valence-electron chi connectivity index (χ1n) is 6.50. The van der Waals surface area contributed by atoms with Crippen molar-refractivity contribution in [3.05, 3.63) is 24.0 Å². The van der Waals surface area contributed by atoms with Gasteiger partial charge in [-0.2, -0.15) is 0 Å². The first-order chi connectivity index (χ1) is 9.08. The molecule has 1 unspecified atom stereocenters. The van der Waals surface area contributed by atoms with E-state index in [1.54, 1.807) is 13.0 Å². The summed E-state index contributed by atoms with van der Waals surface area (Å²) in [5, 5.41) is 11.9. The molecular formula is C14H20FNO3. The molecule has 0 amide bonds. The number of hydrogen-bond donors (Lipinski definition) is 2. The molecule has 1 atom stereocenters. The van der Waals surface area contributed by atoms with Crippen molar-refractivity contribution in [1.29, 1.82) is 0 Å². The molecule has 106 valence electrons. The summed E-state index contributed by atoms with van der Waals surface area (Å²) in [6, 6.07) is 3.68. The molecule has 0 saturated carbocycles. The number of benzene rings is 1. The van der Waals surface area contributed by atoms with E-state index in [4.69, 9.17) is 9.84 Å². The molecule has 0 bridgehead atoms. The van der Waals surface area contributed by atoms with Crippen LogP contribution < -0.4 is 10.1 Å². The molecule has 0 aliphatic rings. The minimum absolute atomic E-state index is 0.175. The predicted octanol–water partition coefficient (Wildman–Crippen LogP) is 3.28. The summed E-state index contributed by atoms with van der Waals surface area (Å²) in [4.78, 5) is 11.1. The van der Waals surface area contributed by atoms with Gasteiger partial charge in [0.05, 0.1) is 6.61 Å². The molecule has 1 aromatic rings. The third kappa shape index (κ3) is 4.77. The lowest BCUT2D eigenvalue weighted by Gasteiger charge is -2.16. The fraction of sp³-hybridized carbons (Fsp3) is 0.500. The van der Waals surface area contributed by atoms with Crippen molar-refractivity contribution in [2.45, 2.75) is 39.2 Å². The summed E-state index contributed by atoms with van der Waals surface area (Å²) < 4.78 is 18.7. The van der Waals surface area contributed by atoms with Crippen LogP contribution in [0, 0.1) is 5.82 Å².